The Balaban J connectivity index is 1.63. The molecule has 7 heteroatoms. The molecule has 0 spiro atoms. The van der Waals surface area contributed by atoms with Gasteiger partial charge < -0.3 is 0 Å². The lowest BCUT2D eigenvalue weighted by atomic mass is 10.1. The van der Waals surface area contributed by atoms with Gasteiger partial charge in [0.2, 0.25) is 0 Å². The Kier molecular flexibility index (Phi) is 3.87. The number of rotatable bonds is 5. The van der Waals surface area contributed by atoms with Gasteiger partial charge in [0.25, 0.3) is 0 Å². The fourth-order valence-electron chi connectivity index (χ4n) is 2.48. The van der Waals surface area contributed by atoms with Gasteiger partial charge in [-0.1, -0.05) is 13.8 Å². The van der Waals surface area contributed by atoms with E-state index in [2.05, 4.69) is 46.7 Å². The molecule has 0 saturated heterocycles. The summed E-state index contributed by atoms with van der Waals surface area (Å²) in [6.07, 6.45) is 4.18. The third-order valence-electron chi connectivity index (χ3n) is 4.06. The highest BCUT2D eigenvalue weighted by Gasteiger charge is 2.30. The number of aromatic amines is 1. The van der Waals surface area contributed by atoms with Crippen LogP contribution in [0.3, 0.4) is 0 Å². The fourth-order valence-corrected chi connectivity index (χ4v) is 2.48. The molecule has 3 N–H and O–H groups in total. The van der Waals surface area contributed by atoms with Crippen molar-refractivity contribution in [3.8, 4) is 0 Å². The molecule has 1 aliphatic carbocycles. The molecule has 2 heterocycles. The first-order chi connectivity index (χ1) is 10.5. The molecule has 7 nitrogen and oxygen atoms in total. The van der Waals surface area contributed by atoms with E-state index in [1.54, 1.807) is 6.20 Å². The molecule has 0 aromatic carbocycles. The Labute approximate surface area is 129 Å². The summed E-state index contributed by atoms with van der Waals surface area (Å²) < 4.78 is 1.88. The second-order valence-corrected chi connectivity index (χ2v) is 6.18. The van der Waals surface area contributed by atoms with Crippen LogP contribution in [0.15, 0.2) is 18.3 Å². The second kappa shape index (κ2) is 5.82. The number of amides is 2. The van der Waals surface area contributed by atoms with Crippen molar-refractivity contribution >= 4 is 17.7 Å². The van der Waals surface area contributed by atoms with E-state index in [0.29, 0.717) is 29.5 Å². The number of urea groups is 1. The number of carbonyl (C=O) groups excluding carboxylic acids is 1. The van der Waals surface area contributed by atoms with E-state index in [9.17, 15) is 4.79 Å². The summed E-state index contributed by atoms with van der Waals surface area (Å²) in [5.74, 6) is 2.23. The van der Waals surface area contributed by atoms with Gasteiger partial charge in [-0.2, -0.15) is 10.2 Å². The average molecular weight is 302 g/mol. The Bertz CT molecular complexity index is 655. The minimum absolute atomic E-state index is 0.309. The highest BCUT2D eigenvalue weighted by molar-refractivity contribution is 5.98. The fraction of sp³-hybridized carbons (Fsp3) is 0.533. The van der Waals surface area contributed by atoms with Gasteiger partial charge in [0.05, 0.1) is 12.2 Å². The van der Waals surface area contributed by atoms with E-state index < -0.39 is 0 Å². The van der Waals surface area contributed by atoms with Gasteiger partial charge in [-0.25, -0.2) is 9.48 Å². The molecule has 2 amide bonds. The molecule has 1 saturated carbocycles. The van der Waals surface area contributed by atoms with E-state index in [-0.39, 0.29) is 6.03 Å². The monoisotopic (exact) mass is 302 g/mol. The SMILES string of the molecule is CC(C)c1cc(NC(=O)Nc2ccnn2C(C)C2CC2)n[nH]1. The van der Waals surface area contributed by atoms with Crippen LogP contribution in [-0.2, 0) is 0 Å². The summed E-state index contributed by atoms with van der Waals surface area (Å²) in [7, 11) is 0. The molecule has 1 atom stereocenters. The quantitative estimate of drug-likeness (QED) is 0.791. The second-order valence-electron chi connectivity index (χ2n) is 6.18. The molecule has 0 aliphatic heterocycles. The Hall–Kier alpha value is -2.31. The summed E-state index contributed by atoms with van der Waals surface area (Å²) in [6.45, 7) is 6.26. The zero-order chi connectivity index (χ0) is 15.7. The maximum Gasteiger partial charge on any atom is 0.326 e. The smallest absolute Gasteiger partial charge is 0.292 e. The van der Waals surface area contributed by atoms with Crippen molar-refractivity contribution in [1.82, 2.24) is 20.0 Å². The van der Waals surface area contributed by atoms with E-state index in [1.165, 1.54) is 12.8 Å². The van der Waals surface area contributed by atoms with Crippen LogP contribution < -0.4 is 10.6 Å². The van der Waals surface area contributed by atoms with Crippen molar-refractivity contribution in [2.45, 2.75) is 45.6 Å². The van der Waals surface area contributed by atoms with Crippen molar-refractivity contribution in [1.29, 1.82) is 0 Å². The number of nitrogens with zero attached hydrogens (tertiary/aromatic N) is 3. The van der Waals surface area contributed by atoms with Gasteiger partial charge in [0.1, 0.15) is 5.82 Å². The van der Waals surface area contributed by atoms with Gasteiger partial charge in [-0.05, 0) is 31.6 Å². The first-order valence-corrected chi connectivity index (χ1v) is 7.71. The van der Waals surface area contributed by atoms with Crippen molar-refractivity contribution in [3.63, 3.8) is 0 Å². The van der Waals surface area contributed by atoms with Crippen LogP contribution in [-0.4, -0.2) is 26.0 Å². The number of H-pyrrole nitrogens is 1. The maximum atomic E-state index is 12.1. The molecule has 1 unspecified atom stereocenters. The minimum atomic E-state index is -0.313. The lowest BCUT2D eigenvalue weighted by Crippen LogP contribution is -2.23. The lowest BCUT2D eigenvalue weighted by molar-refractivity contribution is 0.261. The molecule has 118 valence electrons. The highest BCUT2D eigenvalue weighted by Crippen LogP contribution is 2.40. The van der Waals surface area contributed by atoms with Crippen LogP contribution >= 0.6 is 0 Å². The van der Waals surface area contributed by atoms with Gasteiger partial charge in [-0.3, -0.25) is 15.7 Å². The number of anilines is 2. The summed E-state index contributed by atoms with van der Waals surface area (Å²) in [5.41, 5.74) is 0.989. The molecule has 22 heavy (non-hydrogen) atoms. The largest absolute Gasteiger partial charge is 0.326 e. The molecule has 3 rings (SSSR count). The Morgan fingerprint density at radius 3 is 2.77 bits per heavy atom. The zero-order valence-corrected chi connectivity index (χ0v) is 13.1. The van der Waals surface area contributed by atoms with Crippen LogP contribution in [0.2, 0.25) is 0 Å². The molecular formula is C15H22N6O. The molecule has 1 aliphatic rings. The van der Waals surface area contributed by atoms with Gasteiger partial charge in [-0.15, -0.1) is 0 Å². The zero-order valence-electron chi connectivity index (χ0n) is 13.1. The van der Waals surface area contributed by atoms with Crippen LogP contribution in [0, 0.1) is 5.92 Å². The number of hydrogen-bond acceptors (Lipinski definition) is 3. The molecule has 0 bridgehead atoms. The van der Waals surface area contributed by atoms with Gasteiger partial charge in [0, 0.05) is 17.8 Å². The molecule has 0 radical (unpaired) electrons. The Morgan fingerprint density at radius 2 is 2.14 bits per heavy atom. The maximum absolute atomic E-state index is 12.1. The Morgan fingerprint density at radius 1 is 1.36 bits per heavy atom. The standard InChI is InChI=1S/C15H22N6O/c1-9(2)12-8-13(20-19-12)17-15(22)18-14-6-7-16-21(14)10(3)11-4-5-11/h6-11H,4-5H2,1-3H3,(H3,17,18,19,20,22). The van der Waals surface area contributed by atoms with E-state index >= 15 is 0 Å². The van der Waals surface area contributed by atoms with Crippen molar-refractivity contribution in [2.75, 3.05) is 10.6 Å². The predicted molar refractivity (Wildman–Crippen MR) is 85.0 cm³/mol. The first-order valence-electron chi connectivity index (χ1n) is 7.71. The topological polar surface area (TPSA) is 87.6 Å². The predicted octanol–water partition coefficient (Wildman–Crippen LogP) is 3.34. The number of nitrogens with one attached hydrogen (secondary N) is 3. The van der Waals surface area contributed by atoms with Gasteiger partial charge >= 0.3 is 6.03 Å². The summed E-state index contributed by atoms with van der Waals surface area (Å²) in [6, 6.07) is 3.64. The van der Waals surface area contributed by atoms with Crippen molar-refractivity contribution in [3.05, 3.63) is 24.0 Å². The lowest BCUT2D eigenvalue weighted by Gasteiger charge is -2.15. The van der Waals surface area contributed by atoms with Crippen LogP contribution in [0.1, 0.15) is 51.3 Å². The van der Waals surface area contributed by atoms with E-state index in [1.807, 2.05) is 16.8 Å². The van der Waals surface area contributed by atoms with Crippen LogP contribution in [0.4, 0.5) is 16.4 Å². The van der Waals surface area contributed by atoms with E-state index in [4.69, 9.17) is 0 Å². The van der Waals surface area contributed by atoms with Crippen LogP contribution in [0.5, 0.6) is 0 Å². The molecule has 2 aromatic heterocycles. The minimum Gasteiger partial charge on any atom is -0.292 e. The van der Waals surface area contributed by atoms with Crippen molar-refractivity contribution in [2.24, 2.45) is 5.92 Å². The number of aromatic nitrogens is 4. The number of carbonyl (C=O) groups is 1. The van der Waals surface area contributed by atoms with E-state index in [0.717, 1.165) is 5.69 Å². The summed E-state index contributed by atoms with van der Waals surface area (Å²) in [4.78, 5) is 12.1. The molecule has 2 aromatic rings. The molecular weight excluding hydrogens is 280 g/mol. The van der Waals surface area contributed by atoms with Crippen LogP contribution in [0.25, 0.3) is 0 Å². The number of hydrogen-bond donors (Lipinski definition) is 3. The molecule has 1 fully saturated rings. The first kappa shape index (κ1) is 14.6. The summed E-state index contributed by atoms with van der Waals surface area (Å²) >= 11 is 0. The summed E-state index contributed by atoms with van der Waals surface area (Å²) in [5, 5.41) is 16.9. The third-order valence-corrected chi connectivity index (χ3v) is 4.06. The van der Waals surface area contributed by atoms with Crippen molar-refractivity contribution < 1.29 is 4.79 Å². The highest BCUT2D eigenvalue weighted by atomic mass is 16.2. The van der Waals surface area contributed by atoms with Gasteiger partial charge in [0.15, 0.2) is 5.82 Å². The normalized spacial score (nSPS) is 15.8. The third kappa shape index (κ3) is 3.13. The average Bonchev–Trinajstić information content (AvgIpc) is 3.04.